The molecule has 0 heterocycles. The van der Waals surface area contributed by atoms with E-state index in [-0.39, 0.29) is 18.0 Å². The lowest BCUT2D eigenvalue weighted by atomic mass is 10.2. The summed E-state index contributed by atoms with van der Waals surface area (Å²) in [6.45, 7) is 5.06. The molecule has 0 aliphatic carbocycles. The van der Waals surface area contributed by atoms with Crippen LogP contribution in [0.2, 0.25) is 0 Å². The molecule has 6 nitrogen and oxygen atoms in total. The van der Waals surface area contributed by atoms with Crippen LogP contribution in [-0.4, -0.2) is 29.5 Å². The largest absolute Gasteiger partial charge is 0.478 e. The monoisotopic (exact) mass is 267 g/mol. The summed E-state index contributed by atoms with van der Waals surface area (Å²) >= 11 is 0. The molecule has 1 amide bonds. The highest BCUT2D eigenvalue weighted by Crippen LogP contribution is 2.17. The number of carbonyl (C=O) groups is 2. The van der Waals surface area contributed by atoms with Crippen molar-refractivity contribution in [3.63, 3.8) is 0 Å². The van der Waals surface area contributed by atoms with Gasteiger partial charge < -0.3 is 14.6 Å². The normalized spacial score (nSPS) is 10.7. The lowest BCUT2D eigenvalue weighted by Crippen LogP contribution is -2.34. The van der Waals surface area contributed by atoms with Crippen LogP contribution in [0.15, 0.2) is 24.3 Å². The van der Waals surface area contributed by atoms with Gasteiger partial charge in [-0.3, -0.25) is 5.32 Å². The Hall–Kier alpha value is -2.24. The molecule has 2 N–H and O–H groups in total. The van der Waals surface area contributed by atoms with Crippen LogP contribution in [0, 0.1) is 0 Å². The highest BCUT2D eigenvalue weighted by atomic mass is 16.6. The van der Waals surface area contributed by atoms with Gasteiger partial charge >= 0.3 is 12.1 Å². The summed E-state index contributed by atoms with van der Waals surface area (Å²) in [5, 5.41) is 11.3. The molecule has 19 heavy (non-hydrogen) atoms. The Labute approximate surface area is 111 Å². The molecule has 6 heteroatoms. The van der Waals surface area contributed by atoms with Gasteiger partial charge in [0.15, 0.2) is 6.73 Å². The van der Waals surface area contributed by atoms with E-state index in [1.54, 1.807) is 32.9 Å². The minimum Gasteiger partial charge on any atom is -0.478 e. The fourth-order valence-electron chi connectivity index (χ4n) is 1.26. The topological polar surface area (TPSA) is 84.9 Å². The quantitative estimate of drug-likeness (QED) is 0.817. The van der Waals surface area contributed by atoms with E-state index in [0.717, 1.165) is 0 Å². The first-order valence-electron chi connectivity index (χ1n) is 5.71. The molecule has 1 rings (SSSR count). The summed E-state index contributed by atoms with van der Waals surface area (Å²) in [4.78, 5) is 22.3. The van der Waals surface area contributed by atoms with E-state index in [1.165, 1.54) is 12.1 Å². The third-order valence-electron chi connectivity index (χ3n) is 1.96. The number of rotatable bonds is 4. The van der Waals surface area contributed by atoms with Gasteiger partial charge in [-0.25, -0.2) is 9.59 Å². The molecule has 0 saturated heterocycles. The van der Waals surface area contributed by atoms with Crippen LogP contribution in [0.4, 0.5) is 4.79 Å². The average Bonchev–Trinajstić information content (AvgIpc) is 2.27. The van der Waals surface area contributed by atoms with Crippen LogP contribution in [0.25, 0.3) is 0 Å². The summed E-state index contributed by atoms with van der Waals surface area (Å²) in [6.07, 6.45) is -0.625. The Bertz CT molecular complexity index is 464. The number of amides is 1. The number of alkyl carbamates (subject to hydrolysis) is 1. The molecule has 1 aromatic carbocycles. The predicted molar refractivity (Wildman–Crippen MR) is 68.3 cm³/mol. The molecule has 0 spiro atoms. The highest BCUT2D eigenvalue weighted by Gasteiger charge is 2.16. The first-order chi connectivity index (χ1) is 8.79. The Kier molecular flexibility index (Phi) is 4.74. The number of benzene rings is 1. The fraction of sp³-hybridized carbons (Fsp3) is 0.385. The molecule has 0 saturated carbocycles. The van der Waals surface area contributed by atoms with Crippen LogP contribution in [0.5, 0.6) is 5.75 Å². The maximum atomic E-state index is 11.3. The Balaban J connectivity index is 2.50. The number of nitrogens with one attached hydrogen (secondary N) is 1. The summed E-state index contributed by atoms with van der Waals surface area (Å²) < 4.78 is 10.2. The molecule has 0 atom stereocenters. The van der Waals surface area contributed by atoms with E-state index in [2.05, 4.69) is 5.32 Å². The van der Waals surface area contributed by atoms with Crippen molar-refractivity contribution in [2.75, 3.05) is 6.73 Å². The van der Waals surface area contributed by atoms with Gasteiger partial charge in [-0.2, -0.15) is 0 Å². The van der Waals surface area contributed by atoms with E-state index < -0.39 is 17.7 Å². The molecular weight excluding hydrogens is 250 g/mol. The van der Waals surface area contributed by atoms with Crippen molar-refractivity contribution >= 4 is 12.1 Å². The number of aromatic carboxylic acids is 1. The van der Waals surface area contributed by atoms with Gasteiger partial charge in [0.05, 0.1) is 0 Å². The van der Waals surface area contributed by atoms with Crippen molar-refractivity contribution in [3.05, 3.63) is 29.8 Å². The van der Waals surface area contributed by atoms with E-state index in [4.69, 9.17) is 14.6 Å². The third kappa shape index (κ3) is 5.29. The maximum Gasteiger partial charge on any atom is 0.410 e. The second-order valence-electron chi connectivity index (χ2n) is 4.77. The van der Waals surface area contributed by atoms with Gasteiger partial charge in [0.1, 0.15) is 16.9 Å². The van der Waals surface area contributed by atoms with Crippen LogP contribution in [0.1, 0.15) is 31.1 Å². The van der Waals surface area contributed by atoms with Gasteiger partial charge in [0, 0.05) is 0 Å². The van der Waals surface area contributed by atoms with E-state index in [1.807, 2.05) is 0 Å². The van der Waals surface area contributed by atoms with Crippen LogP contribution in [-0.2, 0) is 4.74 Å². The van der Waals surface area contributed by atoms with Crippen molar-refractivity contribution in [3.8, 4) is 5.75 Å². The van der Waals surface area contributed by atoms with Gasteiger partial charge in [0.25, 0.3) is 0 Å². The standard InChI is InChI=1S/C13H17NO5/c1-13(2,3)19-12(17)14-8-18-10-7-5-4-6-9(10)11(15)16/h4-7H,8H2,1-3H3,(H,14,17)(H,15,16). The van der Waals surface area contributed by atoms with Crippen LogP contribution >= 0.6 is 0 Å². The molecule has 0 aliphatic rings. The lowest BCUT2D eigenvalue weighted by molar-refractivity contribution is 0.0485. The Morgan fingerprint density at radius 1 is 1.26 bits per heavy atom. The molecule has 0 fully saturated rings. The smallest absolute Gasteiger partial charge is 0.410 e. The molecular formula is C13H17NO5. The van der Waals surface area contributed by atoms with Gasteiger partial charge in [0.2, 0.25) is 0 Å². The zero-order valence-corrected chi connectivity index (χ0v) is 11.1. The van der Waals surface area contributed by atoms with E-state index >= 15 is 0 Å². The van der Waals surface area contributed by atoms with Gasteiger partial charge in [-0.15, -0.1) is 0 Å². The number of ether oxygens (including phenoxy) is 2. The summed E-state index contributed by atoms with van der Waals surface area (Å²) in [5.41, 5.74) is -0.559. The minimum atomic E-state index is -1.09. The molecule has 0 aliphatic heterocycles. The van der Waals surface area contributed by atoms with Crippen molar-refractivity contribution < 1.29 is 24.2 Å². The molecule has 0 aromatic heterocycles. The fourth-order valence-corrected chi connectivity index (χ4v) is 1.26. The second-order valence-corrected chi connectivity index (χ2v) is 4.77. The summed E-state index contributed by atoms with van der Waals surface area (Å²) in [7, 11) is 0. The highest BCUT2D eigenvalue weighted by molar-refractivity contribution is 5.90. The number of hydrogen-bond acceptors (Lipinski definition) is 4. The Morgan fingerprint density at radius 2 is 1.89 bits per heavy atom. The second kappa shape index (κ2) is 6.08. The first-order valence-corrected chi connectivity index (χ1v) is 5.71. The number of hydrogen-bond donors (Lipinski definition) is 2. The lowest BCUT2D eigenvalue weighted by Gasteiger charge is -2.19. The molecule has 104 valence electrons. The van der Waals surface area contributed by atoms with Crippen molar-refractivity contribution in [1.82, 2.24) is 5.32 Å². The average molecular weight is 267 g/mol. The van der Waals surface area contributed by atoms with Crippen molar-refractivity contribution in [1.29, 1.82) is 0 Å². The number of para-hydroxylation sites is 1. The number of carbonyl (C=O) groups excluding carboxylic acids is 1. The molecule has 0 unspecified atom stereocenters. The third-order valence-corrected chi connectivity index (χ3v) is 1.96. The summed E-state index contributed by atoms with van der Waals surface area (Å²) in [5.74, 6) is -0.904. The zero-order valence-electron chi connectivity index (χ0n) is 11.1. The minimum absolute atomic E-state index is 0.0356. The van der Waals surface area contributed by atoms with E-state index in [0.29, 0.717) is 0 Å². The van der Waals surface area contributed by atoms with Crippen LogP contribution < -0.4 is 10.1 Å². The number of carboxylic acid groups (broad SMARTS) is 1. The molecule has 0 radical (unpaired) electrons. The van der Waals surface area contributed by atoms with Gasteiger partial charge in [-0.1, -0.05) is 12.1 Å². The predicted octanol–water partition coefficient (Wildman–Crippen LogP) is 2.25. The zero-order chi connectivity index (χ0) is 14.5. The number of carboxylic acids is 1. The van der Waals surface area contributed by atoms with Crippen LogP contribution in [0.3, 0.4) is 0 Å². The molecule has 0 bridgehead atoms. The van der Waals surface area contributed by atoms with E-state index in [9.17, 15) is 9.59 Å². The van der Waals surface area contributed by atoms with Crippen molar-refractivity contribution in [2.45, 2.75) is 26.4 Å². The maximum absolute atomic E-state index is 11.3. The molecule has 1 aromatic rings. The van der Waals surface area contributed by atoms with Crippen molar-refractivity contribution in [2.24, 2.45) is 0 Å². The first kappa shape index (κ1) is 14.8. The summed E-state index contributed by atoms with van der Waals surface area (Å²) in [6, 6.07) is 6.18. The van der Waals surface area contributed by atoms with Gasteiger partial charge in [-0.05, 0) is 32.9 Å². The Morgan fingerprint density at radius 3 is 2.47 bits per heavy atom. The SMILES string of the molecule is CC(C)(C)OC(=O)NCOc1ccccc1C(=O)O.